The van der Waals surface area contributed by atoms with E-state index in [0.29, 0.717) is 18.7 Å². The second-order valence-corrected chi connectivity index (χ2v) is 5.08. The number of anilines is 1. The van der Waals surface area contributed by atoms with Crippen LogP contribution < -0.4 is 4.90 Å². The molecular weight excluding hydrogens is 232 g/mol. The third-order valence-electron chi connectivity index (χ3n) is 3.48. The number of nitrogens with zero attached hydrogens (tertiary/aromatic N) is 2. The molecule has 1 aromatic carbocycles. The van der Waals surface area contributed by atoms with Crippen molar-refractivity contribution in [2.75, 3.05) is 18.0 Å². The first-order valence-corrected chi connectivity index (χ1v) is 6.20. The molecule has 1 atom stereocenters. The molecular formula is C13H18N2O3. The highest BCUT2D eigenvalue weighted by Gasteiger charge is 2.27. The topological polar surface area (TPSA) is 66.6 Å². The van der Waals surface area contributed by atoms with Gasteiger partial charge in [0.25, 0.3) is 5.69 Å². The van der Waals surface area contributed by atoms with Crippen molar-refractivity contribution >= 4 is 11.4 Å². The molecule has 98 valence electrons. The summed E-state index contributed by atoms with van der Waals surface area (Å²) in [7, 11) is 0. The predicted molar refractivity (Wildman–Crippen MR) is 69.8 cm³/mol. The summed E-state index contributed by atoms with van der Waals surface area (Å²) in [6, 6.07) is 6.79. The molecule has 0 aromatic heterocycles. The van der Waals surface area contributed by atoms with Crippen LogP contribution in [0.1, 0.15) is 26.2 Å². The number of hydrogen-bond donors (Lipinski definition) is 1. The Morgan fingerprint density at radius 2 is 2.06 bits per heavy atom. The maximum absolute atomic E-state index is 11.0. The maximum Gasteiger partial charge on any atom is 0.292 e. The van der Waals surface area contributed by atoms with Crippen molar-refractivity contribution in [2.45, 2.75) is 31.8 Å². The Balaban J connectivity index is 2.24. The van der Waals surface area contributed by atoms with Gasteiger partial charge in [0.2, 0.25) is 0 Å². The normalized spacial score (nSPS) is 24.7. The van der Waals surface area contributed by atoms with Gasteiger partial charge in [0, 0.05) is 19.2 Å². The molecule has 5 heteroatoms. The minimum Gasteiger partial charge on any atom is -0.390 e. The van der Waals surface area contributed by atoms with Crippen LogP contribution in [0.15, 0.2) is 24.3 Å². The molecule has 0 aliphatic carbocycles. The van der Waals surface area contributed by atoms with E-state index in [0.717, 1.165) is 19.4 Å². The van der Waals surface area contributed by atoms with Crippen LogP contribution in [0, 0.1) is 10.1 Å². The molecule has 1 heterocycles. The molecule has 1 aromatic rings. The lowest BCUT2D eigenvalue weighted by Gasteiger charge is -2.23. The van der Waals surface area contributed by atoms with Gasteiger partial charge in [-0.25, -0.2) is 0 Å². The highest BCUT2D eigenvalue weighted by molar-refractivity contribution is 5.63. The van der Waals surface area contributed by atoms with Crippen LogP contribution in [-0.4, -0.2) is 28.7 Å². The fraction of sp³-hybridized carbons (Fsp3) is 0.538. The SMILES string of the molecule is CC1(O)CCCN(c2ccccc2[N+](=O)[O-])CC1. The van der Waals surface area contributed by atoms with Crippen LogP contribution >= 0.6 is 0 Å². The van der Waals surface area contributed by atoms with Gasteiger partial charge in [-0.3, -0.25) is 10.1 Å². The number of benzene rings is 1. The maximum atomic E-state index is 11.0. The summed E-state index contributed by atoms with van der Waals surface area (Å²) in [6.45, 7) is 3.23. The summed E-state index contributed by atoms with van der Waals surface area (Å²) in [6.07, 6.45) is 2.22. The van der Waals surface area contributed by atoms with Crippen molar-refractivity contribution < 1.29 is 10.0 Å². The lowest BCUT2D eigenvalue weighted by Crippen LogP contribution is -2.28. The summed E-state index contributed by atoms with van der Waals surface area (Å²) in [5, 5.41) is 21.0. The first kappa shape index (κ1) is 12.8. The first-order chi connectivity index (χ1) is 8.49. The van der Waals surface area contributed by atoms with Crippen molar-refractivity contribution in [1.82, 2.24) is 0 Å². The van der Waals surface area contributed by atoms with Crippen LogP contribution in [0.3, 0.4) is 0 Å². The Labute approximate surface area is 106 Å². The number of hydrogen-bond acceptors (Lipinski definition) is 4. The molecule has 5 nitrogen and oxygen atoms in total. The number of rotatable bonds is 2. The van der Waals surface area contributed by atoms with Crippen molar-refractivity contribution in [2.24, 2.45) is 0 Å². The molecule has 1 unspecified atom stereocenters. The third kappa shape index (κ3) is 2.79. The van der Waals surface area contributed by atoms with Crippen LogP contribution in [0.25, 0.3) is 0 Å². The standard InChI is InChI=1S/C13H18N2O3/c1-13(16)7-4-9-14(10-8-13)11-5-2-3-6-12(11)15(17)18/h2-3,5-6,16H,4,7-10H2,1H3. The van der Waals surface area contributed by atoms with Crippen molar-refractivity contribution in [3.8, 4) is 0 Å². The van der Waals surface area contributed by atoms with E-state index in [1.54, 1.807) is 12.1 Å². The molecule has 0 spiro atoms. The summed E-state index contributed by atoms with van der Waals surface area (Å²) in [5.41, 5.74) is 0.137. The molecule has 1 fully saturated rings. The quantitative estimate of drug-likeness (QED) is 0.646. The predicted octanol–water partition coefficient (Wildman–Crippen LogP) is 2.34. The van der Waals surface area contributed by atoms with Gasteiger partial charge in [-0.15, -0.1) is 0 Å². The van der Waals surface area contributed by atoms with Gasteiger partial charge in [-0.05, 0) is 32.3 Å². The van der Waals surface area contributed by atoms with Crippen molar-refractivity contribution in [3.05, 3.63) is 34.4 Å². The molecule has 1 N–H and O–H groups in total. The van der Waals surface area contributed by atoms with E-state index >= 15 is 0 Å². The fourth-order valence-electron chi connectivity index (χ4n) is 2.39. The van der Waals surface area contributed by atoms with E-state index in [9.17, 15) is 15.2 Å². The molecule has 0 bridgehead atoms. The Bertz CT molecular complexity index is 446. The van der Waals surface area contributed by atoms with E-state index in [4.69, 9.17) is 0 Å². The number of nitro groups is 1. The Morgan fingerprint density at radius 3 is 2.78 bits per heavy atom. The van der Waals surface area contributed by atoms with Crippen LogP contribution in [-0.2, 0) is 0 Å². The lowest BCUT2D eigenvalue weighted by atomic mass is 9.98. The van der Waals surface area contributed by atoms with Gasteiger partial charge in [-0.2, -0.15) is 0 Å². The van der Waals surface area contributed by atoms with Crippen LogP contribution in [0.5, 0.6) is 0 Å². The van der Waals surface area contributed by atoms with E-state index in [1.165, 1.54) is 6.07 Å². The Morgan fingerprint density at radius 1 is 1.33 bits per heavy atom. The third-order valence-corrected chi connectivity index (χ3v) is 3.48. The molecule has 0 saturated carbocycles. The number of nitro benzene ring substituents is 1. The molecule has 1 saturated heterocycles. The van der Waals surface area contributed by atoms with E-state index in [1.807, 2.05) is 17.9 Å². The first-order valence-electron chi connectivity index (χ1n) is 6.20. The Kier molecular flexibility index (Phi) is 3.52. The number of para-hydroxylation sites is 2. The minimum atomic E-state index is -0.654. The monoisotopic (exact) mass is 250 g/mol. The van der Waals surface area contributed by atoms with Crippen LogP contribution in [0.2, 0.25) is 0 Å². The van der Waals surface area contributed by atoms with E-state index < -0.39 is 5.60 Å². The lowest BCUT2D eigenvalue weighted by molar-refractivity contribution is -0.384. The highest BCUT2D eigenvalue weighted by Crippen LogP contribution is 2.31. The second kappa shape index (κ2) is 4.94. The van der Waals surface area contributed by atoms with Gasteiger partial charge < -0.3 is 10.0 Å². The molecule has 18 heavy (non-hydrogen) atoms. The molecule has 2 rings (SSSR count). The van der Waals surface area contributed by atoms with Gasteiger partial charge in [0.15, 0.2) is 0 Å². The van der Waals surface area contributed by atoms with Gasteiger partial charge in [-0.1, -0.05) is 12.1 Å². The van der Waals surface area contributed by atoms with E-state index in [-0.39, 0.29) is 10.6 Å². The minimum absolute atomic E-state index is 0.138. The van der Waals surface area contributed by atoms with Gasteiger partial charge >= 0.3 is 0 Å². The second-order valence-electron chi connectivity index (χ2n) is 5.08. The summed E-state index contributed by atoms with van der Waals surface area (Å²) in [5.74, 6) is 0. The van der Waals surface area contributed by atoms with E-state index in [2.05, 4.69) is 0 Å². The smallest absolute Gasteiger partial charge is 0.292 e. The van der Waals surface area contributed by atoms with Crippen molar-refractivity contribution in [3.63, 3.8) is 0 Å². The molecule has 1 aliphatic rings. The van der Waals surface area contributed by atoms with Crippen LogP contribution in [0.4, 0.5) is 11.4 Å². The summed E-state index contributed by atoms with van der Waals surface area (Å²) >= 11 is 0. The zero-order chi connectivity index (χ0) is 13.2. The summed E-state index contributed by atoms with van der Waals surface area (Å²) < 4.78 is 0. The molecule has 0 amide bonds. The average molecular weight is 250 g/mol. The Hall–Kier alpha value is -1.62. The molecule has 0 radical (unpaired) electrons. The highest BCUT2D eigenvalue weighted by atomic mass is 16.6. The fourth-order valence-corrected chi connectivity index (χ4v) is 2.39. The summed E-state index contributed by atoms with van der Waals surface area (Å²) in [4.78, 5) is 12.7. The zero-order valence-electron chi connectivity index (χ0n) is 10.5. The van der Waals surface area contributed by atoms with Gasteiger partial charge in [0.1, 0.15) is 5.69 Å². The largest absolute Gasteiger partial charge is 0.390 e. The average Bonchev–Trinajstić information content (AvgIpc) is 2.50. The zero-order valence-corrected chi connectivity index (χ0v) is 10.5. The number of aliphatic hydroxyl groups is 1. The van der Waals surface area contributed by atoms with Gasteiger partial charge in [0.05, 0.1) is 10.5 Å². The molecule has 1 aliphatic heterocycles. The van der Waals surface area contributed by atoms with Crippen molar-refractivity contribution in [1.29, 1.82) is 0 Å².